The second kappa shape index (κ2) is 18.2. The first-order valence-corrected chi connectivity index (χ1v) is 21.3. The highest BCUT2D eigenvalue weighted by atomic mass is 19.2. The van der Waals surface area contributed by atoms with Gasteiger partial charge in [0.1, 0.15) is 23.3 Å². The fourth-order valence-corrected chi connectivity index (χ4v) is 8.45. The van der Waals surface area contributed by atoms with E-state index in [0.29, 0.717) is 62.1 Å². The zero-order valence-corrected chi connectivity index (χ0v) is 36.3. The van der Waals surface area contributed by atoms with Gasteiger partial charge in [0.05, 0.1) is 58.2 Å². The van der Waals surface area contributed by atoms with Crippen molar-refractivity contribution in [2.45, 2.75) is 78.3 Å². The van der Waals surface area contributed by atoms with Crippen LogP contribution < -0.4 is 0 Å². The molecule has 0 saturated heterocycles. The lowest BCUT2D eigenvalue weighted by molar-refractivity contribution is 0.411. The molecule has 2 aliphatic heterocycles. The number of rotatable bonds is 8. The Labute approximate surface area is 375 Å². The van der Waals surface area contributed by atoms with E-state index < -0.39 is 46.7 Å². The molecule has 0 amide bonds. The number of nitrogens with zero attached hydrogens (tertiary/aromatic N) is 12. The van der Waals surface area contributed by atoms with E-state index in [1.165, 1.54) is 0 Å². The van der Waals surface area contributed by atoms with Crippen LogP contribution in [0, 0.1) is 62.6 Å². The lowest BCUT2D eigenvalue weighted by atomic mass is 9.90. The molecule has 0 N–H and O–H groups in total. The number of benzene rings is 2. The topological polar surface area (TPSA) is 123 Å². The van der Waals surface area contributed by atoms with Gasteiger partial charge >= 0.3 is 0 Å². The van der Waals surface area contributed by atoms with Crippen molar-refractivity contribution in [3.8, 4) is 11.4 Å². The molecule has 8 heterocycles. The van der Waals surface area contributed by atoms with Crippen molar-refractivity contribution < 1.29 is 26.3 Å². The smallest absolute Gasteiger partial charge is 0.174 e. The molecule has 6 aromatic heterocycles. The van der Waals surface area contributed by atoms with Gasteiger partial charge in [-0.25, -0.2) is 55.6 Å². The van der Waals surface area contributed by atoms with Crippen LogP contribution in [0.15, 0.2) is 73.6 Å². The third-order valence-corrected chi connectivity index (χ3v) is 11.6. The molecule has 336 valence electrons. The van der Waals surface area contributed by atoms with Gasteiger partial charge in [-0.05, 0) is 126 Å². The monoisotopic (exact) mass is 900 g/mol. The first kappa shape index (κ1) is 43.7. The SMILES string of the molecule is Cc1cn(-c2ccc(/C=C/c3nc4n(n3)CCC[C@@H]4c3c(F)ccc(F)c3F)nc2C)cn1.Cc1cn(-c2ccc(/C=C/c3nc4n(n3)CCC[C@H]4c3c(F)ccc(F)c3F)nc2C)cn1. The first-order chi connectivity index (χ1) is 31.8. The Morgan fingerprint density at radius 2 is 0.909 bits per heavy atom. The Bertz CT molecular complexity index is 2950. The maximum Gasteiger partial charge on any atom is 0.174 e. The summed E-state index contributed by atoms with van der Waals surface area (Å²) in [4.78, 5) is 26.7. The van der Waals surface area contributed by atoms with Gasteiger partial charge in [0.15, 0.2) is 34.9 Å². The van der Waals surface area contributed by atoms with Gasteiger partial charge in [-0.15, -0.1) is 0 Å². The minimum absolute atomic E-state index is 0.290. The molecule has 0 saturated carbocycles. The average molecular weight is 901 g/mol. The van der Waals surface area contributed by atoms with Crippen LogP contribution in [-0.2, 0) is 13.1 Å². The average Bonchev–Trinajstić information content (AvgIpc) is 4.13. The molecule has 0 spiro atoms. The van der Waals surface area contributed by atoms with Crippen molar-refractivity contribution in [3.05, 3.63) is 177 Å². The third kappa shape index (κ3) is 8.82. The van der Waals surface area contributed by atoms with Crippen LogP contribution in [0.3, 0.4) is 0 Å². The zero-order valence-electron chi connectivity index (χ0n) is 36.3. The van der Waals surface area contributed by atoms with Crippen molar-refractivity contribution in [1.29, 1.82) is 0 Å². The van der Waals surface area contributed by atoms with Crippen molar-refractivity contribution in [2.75, 3.05) is 0 Å². The van der Waals surface area contributed by atoms with Crippen LogP contribution >= 0.6 is 0 Å². The van der Waals surface area contributed by atoms with Gasteiger partial charge in [-0.3, -0.25) is 9.97 Å². The summed E-state index contributed by atoms with van der Waals surface area (Å²) in [5.41, 5.74) is 6.25. The Morgan fingerprint density at radius 3 is 1.29 bits per heavy atom. The minimum atomic E-state index is -1.17. The third-order valence-electron chi connectivity index (χ3n) is 11.6. The van der Waals surface area contributed by atoms with Crippen molar-refractivity contribution in [1.82, 2.24) is 58.6 Å². The molecule has 0 aliphatic carbocycles. The van der Waals surface area contributed by atoms with E-state index in [-0.39, 0.29) is 11.1 Å². The fraction of sp³-hybridized carbons (Fsp3) is 0.250. The molecule has 2 atom stereocenters. The highest BCUT2D eigenvalue weighted by molar-refractivity contribution is 5.66. The number of pyridine rings is 2. The summed E-state index contributed by atoms with van der Waals surface area (Å²) in [5.74, 6) is -5.74. The van der Waals surface area contributed by atoms with Crippen LogP contribution in [0.1, 0.15) is 106 Å². The number of imidazole rings is 2. The quantitative estimate of drug-likeness (QED) is 0.109. The van der Waals surface area contributed by atoms with E-state index in [1.807, 2.05) is 73.5 Å². The second-order valence-electron chi connectivity index (χ2n) is 16.2. The summed E-state index contributed by atoms with van der Waals surface area (Å²) >= 11 is 0. The molecule has 2 aliphatic rings. The fourth-order valence-electron chi connectivity index (χ4n) is 8.45. The Balaban J connectivity index is 0.000000166. The summed E-state index contributed by atoms with van der Waals surface area (Å²) in [5, 5.41) is 8.91. The van der Waals surface area contributed by atoms with Gasteiger partial charge in [-0.1, -0.05) is 0 Å². The van der Waals surface area contributed by atoms with Crippen molar-refractivity contribution in [2.24, 2.45) is 0 Å². The maximum atomic E-state index is 14.4. The van der Waals surface area contributed by atoms with Crippen molar-refractivity contribution >= 4 is 24.3 Å². The predicted octanol–water partition coefficient (Wildman–Crippen LogP) is 9.98. The number of hydrogen-bond donors (Lipinski definition) is 0. The predicted molar refractivity (Wildman–Crippen MR) is 234 cm³/mol. The van der Waals surface area contributed by atoms with E-state index in [9.17, 15) is 26.3 Å². The van der Waals surface area contributed by atoms with Crippen LogP contribution in [0.25, 0.3) is 35.7 Å². The van der Waals surface area contributed by atoms with E-state index in [2.05, 4.69) is 40.1 Å². The highest BCUT2D eigenvalue weighted by Crippen LogP contribution is 2.37. The van der Waals surface area contributed by atoms with Gasteiger partial charge < -0.3 is 9.13 Å². The molecule has 12 nitrogen and oxygen atoms in total. The molecule has 0 unspecified atom stereocenters. The largest absolute Gasteiger partial charge is 0.304 e. The first-order valence-electron chi connectivity index (χ1n) is 21.3. The van der Waals surface area contributed by atoms with Gasteiger partial charge in [0, 0.05) is 48.4 Å². The molecule has 0 radical (unpaired) electrons. The number of fused-ring (bicyclic) bond motifs is 2. The van der Waals surface area contributed by atoms with E-state index in [4.69, 9.17) is 0 Å². The lowest BCUT2D eigenvalue weighted by Crippen LogP contribution is -2.20. The van der Waals surface area contributed by atoms with Crippen LogP contribution in [0.2, 0.25) is 0 Å². The second-order valence-corrected chi connectivity index (χ2v) is 16.2. The number of hydrogen-bond acceptors (Lipinski definition) is 8. The Morgan fingerprint density at radius 1 is 0.500 bits per heavy atom. The molecule has 0 bridgehead atoms. The zero-order chi connectivity index (χ0) is 46.2. The summed E-state index contributed by atoms with van der Waals surface area (Å²) in [6.45, 7) is 8.86. The summed E-state index contributed by atoms with van der Waals surface area (Å²) in [6, 6.07) is 11.2. The number of aromatic nitrogens is 12. The number of halogens is 6. The molecule has 0 fully saturated rings. The van der Waals surface area contributed by atoms with Gasteiger partial charge in [0.25, 0.3) is 0 Å². The Hall–Kier alpha value is -7.50. The van der Waals surface area contributed by atoms with E-state index in [0.717, 1.165) is 69.8 Å². The van der Waals surface area contributed by atoms with Gasteiger partial charge in [0.2, 0.25) is 0 Å². The Kier molecular flexibility index (Phi) is 12.0. The molecular weight excluding hydrogens is 859 g/mol. The summed E-state index contributed by atoms with van der Waals surface area (Å²) < 4.78 is 92.2. The molecule has 10 rings (SSSR count). The van der Waals surface area contributed by atoms with Crippen molar-refractivity contribution in [3.63, 3.8) is 0 Å². The molecule has 18 heteroatoms. The van der Waals surface area contributed by atoms with Crippen LogP contribution in [0.5, 0.6) is 0 Å². The minimum Gasteiger partial charge on any atom is -0.304 e. The molecule has 8 aromatic rings. The van der Waals surface area contributed by atoms with Crippen LogP contribution in [0.4, 0.5) is 26.3 Å². The molecule has 66 heavy (non-hydrogen) atoms. The van der Waals surface area contributed by atoms with E-state index >= 15 is 0 Å². The highest BCUT2D eigenvalue weighted by Gasteiger charge is 2.33. The van der Waals surface area contributed by atoms with Crippen LogP contribution in [-0.4, -0.2) is 58.6 Å². The standard InChI is InChI=1S/2C24H21F3N6/c2*1-14-12-32(13-28-14)20-9-5-16(29-15(20)2)6-10-21-30-24-17(4-3-11-33(24)31-21)22-18(25)7-8-19(26)23(22)27/h2*5-10,12-13,17H,3-4,11H2,1-2H3/b2*10-6+/t2*17-/m10/s1. The molecular formula is C48H42F6N12. The maximum absolute atomic E-state index is 14.4. The summed E-state index contributed by atoms with van der Waals surface area (Å²) in [6.07, 6.45) is 16.6. The lowest BCUT2D eigenvalue weighted by Gasteiger charge is -2.23. The van der Waals surface area contributed by atoms with Gasteiger partial charge in [-0.2, -0.15) is 10.2 Å². The van der Waals surface area contributed by atoms with E-state index in [1.54, 1.807) is 46.3 Å². The number of aryl methyl sites for hydroxylation is 6. The molecule has 2 aromatic carbocycles. The normalized spacial score (nSPS) is 15.8. The summed E-state index contributed by atoms with van der Waals surface area (Å²) in [7, 11) is 0.